The Morgan fingerprint density at radius 1 is 1.24 bits per heavy atom. The van der Waals surface area contributed by atoms with Gasteiger partial charge in [-0.05, 0) is 52.7 Å². The number of ether oxygens (including phenoxy) is 1. The normalized spacial score (nSPS) is 11.0. The molecule has 0 saturated carbocycles. The quantitative estimate of drug-likeness (QED) is 0.645. The predicted molar refractivity (Wildman–Crippen MR) is 81.4 cm³/mol. The monoisotopic (exact) mass is 292 g/mol. The fourth-order valence-corrected chi connectivity index (χ4v) is 1.69. The van der Waals surface area contributed by atoms with E-state index in [1.165, 1.54) is 0 Å². The van der Waals surface area contributed by atoms with Gasteiger partial charge in [0.15, 0.2) is 5.78 Å². The Hall–Kier alpha value is -1.91. The molecule has 0 atom stereocenters. The van der Waals surface area contributed by atoms with Gasteiger partial charge in [0, 0.05) is 30.4 Å². The minimum atomic E-state index is -0.488. The third-order valence-electron chi connectivity index (χ3n) is 2.73. The van der Waals surface area contributed by atoms with E-state index in [1.807, 2.05) is 33.8 Å². The number of amides is 1. The Labute approximate surface area is 126 Å². The zero-order valence-corrected chi connectivity index (χ0v) is 13.2. The molecule has 0 fully saturated rings. The number of carbonyl (C=O) groups is 2. The third kappa shape index (κ3) is 7.44. The molecule has 0 unspecified atom stereocenters. The number of hydrogen-bond acceptors (Lipinski definition) is 4. The van der Waals surface area contributed by atoms with E-state index >= 15 is 0 Å². The third-order valence-corrected chi connectivity index (χ3v) is 2.73. The van der Waals surface area contributed by atoms with Crippen LogP contribution in [0, 0.1) is 6.92 Å². The number of aryl methyl sites for hydroxylation is 1. The van der Waals surface area contributed by atoms with Crippen LogP contribution in [0.4, 0.5) is 4.79 Å². The van der Waals surface area contributed by atoms with Gasteiger partial charge in [-0.3, -0.25) is 9.78 Å². The molecular formula is C16H24N2O3. The highest BCUT2D eigenvalue weighted by atomic mass is 16.6. The highest BCUT2D eigenvalue weighted by Gasteiger charge is 2.15. The lowest BCUT2D eigenvalue weighted by Gasteiger charge is -2.19. The number of pyridine rings is 1. The molecule has 1 N–H and O–H groups in total. The van der Waals surface area contributed by atoms with E-state index in [4.69, 9.17) is 4.74 Å². The van der Waals surface area contributed by atoms with Crippen molar-refractivity contribution in [1.82, 2.24) is 10.3 Å². The van der Waals surface area contributed by atoms with Crippen molar-refractivity contribution in [2.75, 3.05) is 6.54 Å². The summed E-state index contributed by atoms with van der Waals surface area (Å²) in [4.78, 5) is 27.4. The number of ketones is 1. The van der Waals surface area contributed by atoms with Crippen molar-refractivity contribution in [3.05, 3.63) is 29.6 Å². The van der Waals surface area contributed by atoms with Crippen molar-refractivity contribution in [2.24, 2.45) is 0 Å². The first-order valence-electron chi connectivity index (χ1n) is 7.20. The lowest BCUT2D eigenvalue weighted by molar-refractivity contribution is 0.0527. The summed E-state index contributed by atoms with van der Waals surface area (Å²) < 4.78 is 5.12. The summed E-state index contributed by atoms with van der Waals surface area (Å²) in [5, 5.41) is 2.68. The van der Waals surface area contributed by atoms with Gasteiger partial charge in [-0.2, -0.15) is 0 Å². The predicted octanol–water partition coefficient (Wildman–Crippen LogP) is 3.27. The summed E-state index contributed by atoms with van der Waals surface area (Å²) in [5.41, 5.74) is 1.05. The van der Waals surface area contributed by atoms with Gasteiger partial charge in [0.25, 0.3) is 0 Å². The Morgan fingerprint density at radius 3 is 2.52 bits per heavy atom. The molecule has 1 amide bonds. The minimum absolute atomic E-state index is 0.0831. The molecule has 5 nitrogen and oxygen atoms in total. The van der Waals surface area contributed by atoms with Crippen molar-refractivity contribution >= 4 is 11.9 Å². The number of nitrogens with one attached hydrogen (secondary N) is 1. The zero-order chi connectivity index (χ0) is 15.9. The van der Waals surface area contributed by atoms with Crippen LogP contribution in [0.1, 0.15) is 56.1 Å². The number of rotatable bonds is 6. The van der Waals surface area contributed by atoms with Crippen LogP contribution >= 0.6 is 0 Å². The van der Waals surface area contributed by atoms with Gasteiger partial charge in [-0.25, -0.2) is 4.79 Å². The molecule has 1 heterocycles. The van der Waals surface area contributed by atoms with E-state index in [0.29, 0.717) is 18.5 Å². The number of aromatic nitrogens is 1. The van der Waals surface area contributed by atoms with E-state index in [0.717, 1.165) is 18.5 Å². The number of Topliss-reactive ketones (excluding diaryl/α,β-unsaturated/α-hetero) is 1. The van der Waals surface area contributed by atoms with Crippen molar-refractivity contribution in [3.8, 4) is 0 Å². The summed E-state index contributed by atoms with van der Waals surface area (Å²) in [6.07, 6.45) is 3.11. The second kappa shape index (κ2) is 7.76. The molecule has 1 rings (SSSR count). The van der Waals surface area contributed by atoms with Gasteiger partial charge in [0.2, 0.25) is 0 Å². The van der Waals surface area contributed by atoms with Gasteiger partial charge in [-0.1, -0.05) is 0 Å². The van der Waals surface area contributed by atoms with E-state index in [-0.39, 0.29) is 5.78 Å². The van der Waals surface area contributed by atoms with Crippen molar-refractivity contribution < 1.29 is 14.3 Å². The summed E-state index contributed by atoms with van der Waals surface area (Å²) in [6.45, 7) is 7.85. The number of carbonyl (C=O) groups excluding carboxylic acids is 2. The second-order valence-electron chi connectivity index (χ2n) is 6.00. The van der Waals surface area contributed by atoms with Crippen molar-refractivity contribution in [2.45, 2.75) is 52.6 Å². The first-order chi connectivity index (χ1) is 9.78. The van der Waals surface area contributed by atoms with Gasteiger partial charge < -0.3 is 10.1 Å². The topological polar surface area (TPSA) is 68.3 Å². The zero-order valence-electron chi connectivity index (χ0n) is 13.2. The molecule has 0 aromatic carbocycles. The second-order valence-corrected chi connectivity index (χ2v) is 6.00. The maximum absolute atomic E-state index is 11.9. The molecule has 0 aliphatic heterocycles. The fourth-order valence-electron chi connectivity index (χ4n) is 1.69. The first-order valence-corrected chi connectivity index (χ1v) is 7.20. The maximum atomic E-state index is 11.9. The molecule has 0 radical (unpaired) electrons. The maximum Gasteiger partial charge on any atom is 0.407 e. The minimum Gasteiger partial charge on any atom is -0.444 e. The Morgan fingerprint density at radius 2 is 1.95 bits per heavy atom. The Bertz CT molecular complexity index is 475. The van der Waals surface area contributed by atoms with E-state index in [9.17, 15) is 9.59 Å². The summed E-state index contributed by atoms with van der Waals surface area (Å²) in [7, 11) is 0. The van der Waals surface area contributed by atoms with Gasteiger partial charge in [0.05, 0.1) is 0 Å². The highest BCUT2D eigenvalue weighted by Crippen LogP contribution is 2.08. The van der Waals surface area contributed by atoms with Crippen LogP contribution in [0.25, 0.3) is 0 Å². The summed E-state index contributed by atoms with van der Waals surface area (Å²) >= 11 is 0. The Balaban J connectivity index is 2.18. The number of hydrogen-bond donors (Lipinski definition) is 1. The standard InChI is InChI=1S/C16H24N2O3/c1-12-8-9-13(11-18-12)14(19)7-5-6-10-17-15(20)21-16(2,3)4/h8-9,11H,5-7,10H2,1-4H3,(H,17,20). The fraction of sp³-hybridized carbons (Fsp3) is 0.562. The summed E-state index contributed by atoms with van der Waals surface area (Å²) in [6, 6.07) is 3.63. The number of alkyl carbamates (subject to hydrolysis) is 1. The number of unbranched alkanes of at least 4 members (excludes halogenated alkanes) is 1. The number of nitrogens with zero attached hydrogens (tertiary/aromatic N) is 1. The molecule has 1 aromatic heterocycles. The molecule has 116 valence electrons. The molecule has 0 aliphatic carbocycles. The Kier molecular flexibility index (Phi) is 6.34. The molecule has 0 bridgehead atoms. The van der Waals surface area contributed by atoms with Crippen LogP contribution in [-0.4, -0.2) is 29.0 Å². The molecule has 21 heavy (non-hydrogen) atoms. The SMILES string of the molecule is Cc1ccc(C(=O)CCCCNC(=O)OC(C)(C)C)cn1. The molecule has 0 spiro atoms. The largest absolute Gasteiger partial charge is 0.444 e. The molecule has 5 heteroatoms. The van der Waals surface area contributed by atoms with E-state index in [1.54, 1.807) is 12.3 Å². The van der Waals surface area contributed by atoms with Crippen LogP contribution in [0.3, 0.4) is 0 Å². The van der Waals surface area contributed by atoms with Gasteiger partial charge >= 0.3 is 6.09 Å². The molecular weight excluding hydrogens is 268 g/mol. The average molecular weight is 292 g/mol. The van der Waals surface area contributed by atoms with Crippen LogP contribution < -0.4 is 5.32 Å². The van der Waals surface area contributed by atoms with E-state index in [2.05, 4.69) is 10.3 Å². The molecule has 0 aliphatic rings. The average Bonchev–Trinajstić information content (AvgIpc) is 2.36. The van der Waals surface area contributed by atoms with Crippen LogP contribution in [-0.2, 0) is 4.74 Å². The first kappa shape index (κ1) is 17.1. The van der Waals surface area contributed by atoms with Crippen LogP contribution in [0.5, 0.6) is 0 Å². The highest BCUT2D eigenvalue weighted by molar-refractivity contribution is 5.95. The lowest BCUT2D eigenvalue weighted by Crippen LogP contribution is -2.33. The smallest absolute Gasteiger partial charge is 0.407 e. The van der Waals surface area contributed by atoms with E-state index < -0.39 is 11.7 Å². The summed E-state index contributed by atoms with van der Waals surface area (Å²) in [5.74, 6) is 0.0831. The van der Waals surface area contributed by atoms with Crippen molar-refractivity contribution in [1.29, 1.82) is 0 Å². The van der Waals surface area contributed by atoms with Crippen LogP contribution in [0.2, 0.25) is 0 Å². The van der Waals surface area contributed by atoms with Gasteiger partial charge in [0.1, 0.15) is 5.60 Å². The van der Waals surface area contributed by atoms with Crippen molar-refractivity contribution in [3.63, 3.8) is 0 Å². The molecule has 0 saturated heterocycles. The lowest BCUT2D eigenvalue weighted by atomic mass is 10.1. The van der Waals surface area contributed by atoms with Gasteiger partial charge in [-0.15, -0.1) is 0 Å². The van der Waals surface area contributed by atoms with Crippen LogP contribution in [0.15, 0.2) is 18.3 Å². The molecule has 1 aromatic rings.